The molecular weight excluding hydrogens is 463 g/mol. The molecular formula is C24H26F3N5O3. The molecule has 186 valence electrons. The Morgan fingerprint density at radius 2 is 2.11 bits per heavy atom. The van der Waals surface area contributed by atoms with Crippen molar-refractivity contribution in [3.63, 3.8) is 0 Å². The summed E-state index contributed by atoms with van der Waals surface area (Å²) >= 11 is 0. The molecule has 0 aliphatic carbocycles. The Morgan fingerprint density at radius 1 is 1.31 bits per heavy atom. The van der Waals surface area contributed by atoms with Crippen molar-refractivity contribution in [2.75, 3.05) is 26.3 Å². The van der Waals surface area contributed by atoms with Gasteiger partial charge in [-0.15, -0.1) is 0 Å². The lowest BCUT2D eigenvalue weighted by atomic mass is 9.87. The number of ether oxygens (including phenoxy) is 1. The lowest BCUT2D eigenvalue weighted by Crippen LogP contribution is -2.56. The number of benzene rings is 1. The zero-order valence-electron chi connectivity index (χ0n) is 19.4. The van der Waals surface area contributed by atoms with Crippen LogP contribution in [0.3, 0.4) is 0 Å². The molecule has 2 aliphatic rings. The highest BCUT2D eigenvalue weighted by Gasteiger charge is 2.57. The maximum Gasteiger partial charge on any atom is 0.426 e. The van der Waals surface area contributed by atoms with E-state index in [4.69, 9.17) is 9.72 Å². The van der Waals surface area contributed by atoms with Crippen LogP contribution in [0.5, 0.6) is 0 Å². The molecule has 0 radical (unpaired) electrons. The molecule has 4 heterocycles. The molecule has 3 N–H and O–H groups in total. The Labute approximate surface area is 199 Å². The number of amides is 1. The summed E-state index contributed by atoms with van der Waals surface area (Å²) in [6.45, 7) is 4.07. The predicted octanol–water partition coefficient (Wildman–Crippen LogP) is 2.79. The third-order valence-corrected chi connectivity index (χ3v) is 6.80. The Bertz CT molecular complexity index is 1280. The normalized spacial score (nSPS) is 20.5. The molecule has 0 bridgehead atoms. The second-order valence-electron chi connectivity index (χ2n) is 9.26. The van der Waals surface area contributed by atoms with Gasteiger partial charge in [0.25, 0.3) is 5.91 Å². The third kappa shape index (κ3) is 4.17. The van der Waals surface area contributed by atoms with Gasteiger partial charge in [-0.25, -0.2) is 9.97 Å². The van der Waals surface area contributed by atoms with Gasteiger partial charge in [0.1, 0.15) is 5.52 Å². The van der Waals surface area contributed by atoms with Gasteiger partial charge in [-0.1, -0.05) is 0 Å². The van der Waals surface area contributed by atoms with Crippen molar-refractivity contribution in [1.82, 2.24) is 25.2 Å². The number of aliphatic hydroxyl groups is 1. The van der Waals surface area contributed by atoms with Crippen molar-refractivity contribution in [3.05, 3.63) is 46.8 Å². The molecule has 2 aromatic heterocycles. The van der Waals surface area contributed by atoms with E-state index in [9.17, 15) is 23.1 Å². The van der Waals surface area contributed by atoms with E-state index in [2.05, 4.69) is 15.3 Å². The first-order valence-corrected chi connectivity index (χ1v) is 11.4. The Balaban J connectivity index is 1.56. The standard InChI is InChI=1S/C24H26F3N5O3/c1-13-9-29-21-20(13)31-18(10-30-21)15-7-14-3-5-32(22(33)23(2,34)24(25,26)27)11-17(14)16(8-15)19-12-35-6-4-28-19/h7-10,19,28,34H,3-6,11-12H2,1-2H3,(H,29,30)/t19-,23-/m0/s1. The molecule has 1 fully saturated rings. The van der Waals surface area contributed by atoms with Gasteiger partial charge >= 0.3 is 6.18 Å². The molecule has 1 aromatic carbocycles. The fourth-order valence-corrected chi connectivity index (χ4v) is 4.68. The number of nitrogens with zero attached hydrogens (tertiary/aromatic N) is 3. The molecule has 8 nitrogen and oxygen atoms in total. The molecule has 35 heavy (non-hydrogen) atoms. The van der Waals surface area contributed by atoms with Gasteiger partial charge in [-0.2, -0.15) is 13.2 Å². The number of halogens is 3. The number of rotatable bonds is 3. The molecule has 11 heteroatoms. The number of aromatic nitrogens is 3. The van der Waals surface area contributed by atoms with Gasteiger partial charge < -0.3 is 25.0 Å². The molecule has 2 aliphatic heterocycles. The summed E-state index contributed by atoms with van der Waals surface area (Å²) < 4.78 is 45.6. The number of hydrogen-bond donors (Lipinski definition) is 3. The number of alkyl halides is 3. The summed E-state index contributed by atoms with van der Waals surface area (Å²) in [4.78, 5) is 26.1. The minimum Gasteiger partial charge on any atom is -0.378 e. The summed E-state index contributed by atoms with van der Waals surface area (Å²) in [7, 11) is 0. The number of carbonyl (C=O) groups excluding carboxylic acids is 1. The van der Waals surface area contributed by atoms with Crippen LogP contribution in [0, 0.1) is 6.92 Å². The number of aryl methyl sites for hydroxylation is 1. The number of morpholine rings is 1. The van der Waals surface area contributed by atoms with Crippen molar-refractivity contribution in [1.29, 1.82) is 0 Å². The number of H-pyrrole nitrogens is 1. The second kappa shape index (κ2) is 8.58. The van der Waals surface area contributed by atoms with Gasteiger partial charge in [0.15, 0.2) is 5.65 Å². The average molecular weight is 489 g/mol. The summed E-state index contributed by atoms with van der Waals surface area (Å²) in [5, 5.41) is 13.4. The van der Waals surface area contributed by atoms with Crippen LogP contribution in [-0.2, 0) is 22.5 Å². The SMILES string of the molecule is Cc1c[nH]c2ncc(-c3cc4c(c([C@@H]5COCCN5)c3)CN(C(=O)[C@](C)(O)C(F)(F)F)CC4)nc12. The fraction of sp³-hybridized carbons (Fsp3) is 0.458. The van der Waals surface area contributed by atoms with Crippen LogP contribution >= 0.6 is 0 Å². The van der Waals surface area contributed by atoms with Gasteiger partial charge in [-0.05, 0) is 54.7 Å². The van der Waals surface area contributed by atoms with Crippen LogP contribution in [-0.4, -0.2) is 68.9 Å². The lowest BCUT2D eigenvalue weighted by Gasteiger charge is -2.37. The van der Waals surface area contributed by atoms with Gasteiger partial charge in [0.05, 0.1) is 31.1 Å². The molecule has 5 rings (SSSR count). The Hall–Kier alpha value is -3.02. The number of aromatic amines is 1. The van der Waals surface area contributed by atoms with Gasteiger partial charge in [0, 0.05) is 31.4 Å². The highest BCUT2D eigenvalue weighted by Crippen LogP contribution is 2.36. The van der Waals surface area contributed by atoms with Crippen LogP contribution < -0.4 is 5.32 Å². The largest absolute Gasteiger partial charge is 0.426 e. The minimum atomic E-state index is -5.07. The number of fused-ring (bicyclic) bond motifs is 2. The Morgan fingerprint density at radius 3 is 2.83 bits per heavy atom. The quantitative estimate of drug-likeness (QED) is 0.523. The first-order valence-electron chi connectivity index (χ1n) is 11.4. The number of hydrogen-bond acceptors (Lipinski definition) is 6. The van der Waals surface area contributed by atoms with Crippen molar-refractivity contribution >= 4 is 17.1 Å². The molecule has 0 spiro atoms. The van der Waals surface area contributed by atoms with E-state index in [-0.39, 0.29) is 19.1 Å². The van der Waals surface area contributed by atoms with E-state index < -0.39 is 17.7 Å². The highest BCUT2D eigenvalue weighted by atomic mass is 19.4. The van der Waals surface area contributed by atoms with Crippen LogP contribution in [0.15, 0.2) is 24.5 Å². The average Bonchev–Trinajstić information content (AvgIpc) is 3.22. The van der Waals surface area contributed by atoms with Gasteiger partial charge in [-0.3, -0.25) is 4.79 Å². The maximum atomic E-state index is 13.3. The number of nitrogens with one attached hydrogen (secondary N) is 2. The number of carbonyl (C=O) groups is 1. The first kappa shape index (κ1) is 23.7. The second-order valence-corrected chi connectivity index (χ2v) is 9.26. The third-order valence-electron chi connectivity index (χ3n) is 6.80. The summed E-state index contributed by atoms with van der Waals surface area (Å²) in [6, 6.07) is 3.71. The zero-order chi connectivity index (χ0) is 25.0. The Kier molecular flexibility index (Phi) is 5.81. The molecule has 0 unspecified atom stereocenters. The van der Waals surface area contributed by atoms with Crippen molar-refractivity contribution in [2.45, 2.75) is 44.6 Å². The molecule has 1 amide bonds. The van der Waals surface area contributed by atoms with Crippen LogP contribution in [0.1, 0.15) is 35.2 Å². The topological polar surface area (TPSA) is 103 Å². The lowest BCUT2D eigenvalue weighted by molar-refractivity contribution is -0.250. The summed E-state index contributed by atoms with van der Waals surface area (Å²) in [6.07, 6.45) is -1.18. The monoisotopic (exact) mass is 489 g/mol. The van der Waals surface area contributed by atoms with E-state index in [0.29, 0.717) is 44.4 Å². The minimum absolute atomic E-state index is 0.0319. The van der Waals surface area contributed by atoms with Crippen molar-refractivity contribution in [2.24, 2.45) is 0 Å². The van der Waals surface area contributed by atoms with Crippen molar-refractivity contribution < 1.29 is 27.8 Å². The van der Waals surface area contributed by atoms with Crippen molar-refractivity contribution in [3.8, 4) is 11.3 Å². The van der Waals surface area contributed by atoms with E-state index in [1.807, 2.05) is 25.3 Å². The smallest absolute Gasteiger partial charge is 0.378 e. The first-order chi connectivity index (χ1) is 16.6. The van der Waals surface area contributed by atoms with Crippen LogP contribution in [0.4, 0.5) is 13.2 Å². The van der Waals surface area contributed by atoms with Crippen LogP contribution in [0.25, 0.3) is 22.4 Å². The van der Waals surface area contributed by atoms with E-state index in [1.165, 1.54) is 0 Å². The predicted molar refractivity (Wildman–Crippen MR) is 121 cm³/mol. The fourth-order valence-electron chi connectivity index (χ4n) is 4.68. The zero-order valence-corrected chi connectivity index (χ0v) is 19.4. The molecule has 3 aromatic rings. The van der Waals surface area contributed by atoms with E-state index >= 15 is 0 Å². The van der Waals surface area contributed by atoms with E-state index in [1.54, 1.807) is 6.20 Å². The summed E-state index contributed by atoms with van der Waals surface area (Å²) in [5.41, 5.74) is 3.03. The maximum absolute atomic E-state index is 13.3. The highest BCUT2D eigenvalue weighted by molar-refractivity contribution is 5.86. The molecule has 2 atom stereocenters. The van der Waals surface area contributed by atoms with E-state index in [0.717, 1.165) is 38.2 Å². The van der Waals surface area contributed by atoms with Crippen LogP contribution in [0.2, 0.25) is 0 Å². The molecule has 1 saturated heterocycles. The van der Waals surface area contributed by atoms with Gasteiger partial charge in [0.2, 0.25) is 5.60 Å². The molecule has 0 saturated carbocycles. The summed E-state index contributed by atoms with van der Waals surface area (Å²) in [5.74, 6) is -1.35.